The van der Waals surface area contributed by atoms with Crippen LogP contribution in [0.5, 0.6) is 0 Å². The first kappa shape index (κ1) is 16.7. The average Bonchev–Trinajstić information content (AvgIpc) is 3.35. The highest BCUT2D eigenvalue weighted by Gasteiger charge is 2.56. The number of benzene rings is 2. The molecule has 3 rings (SSSR count). The summed E-state index contributed by atoms with van der Waals surface area (Å²) < 4.78 is 13.2. The van der Waals surface area contributed by atoms with Gasteiger partial charge in [0.2, 0.25) is 11.8 Å². The Hall–Kier alpha value is -2.11. The van der Waals surface area contributed by atoms with E-state index in [0.29, 0.717) is 29.2 Å². The molecule has 0 radical (unpaired) electrons. The van der Waals surface area contributed by atoms with Crippen molar-refractivity contribution in [2.24, 2.45) is 5.41 Å². The lowest BCUT2D eigenvalue weighted by molar-refractivity contribution is -0.131. The van der Waals surface area contributed by atoms with Gasteiger partial charge in [0.05, 0.1) is 15.7 Å². The Balaban J connectivity index is 1.73. The number of anilines is 2. The summed E-state index contributed by atoms with van der Waals surface area (Å²) in [5.74, 6) is -1.44. The van der Waals surface area contributed by atoms with E-state index in [0.717, 1.165) is 6.07 Å². The molecular weight excluding hydrogens is 354 g/mol. The van der Waals surface area contributed by atoms with Crippen LogP contribution in [0.1, 0.15) is 12.8 Å². The summed E-state index contributed by atoms with van der Waals surface area (Å²) in [7, 11) is 0. The van der Waals surface area contributed by atoms with Gasteiger partial charge in [-0.05, 0) is 43.2 Å². The summed E-state index contributed by atoms with van der Waals surface area (Å²) in [5, 5.41) is 5.59. The molecule has 1 aliphatic rings. The molecule has 0 atom stereocenters. The van der Waals surface area contributed by atoms with Crippen molar-refractivity contribution in [1.29, 1.82) is 0 Å². The fourth-order valence-corrected chi connectivity index (χ4v) is 2.67. The minimum absolute atomic E-state index is 0.0989. The van der Waals surface area contributed by atoms with E-state index in [-0.39, 0.29) is 5.02 Å². The van der Waals surface area contributed by atoms with Crippen molar-refractivity contribution in [2.75, 3.05) is 10.6 Å². The normalized spacial score (nSPS) is 14.8. The molecule has 2 aromatic carbocycles. The van der Waals surface area contributed by atoms with E-state index in [4.69, 9.17) is 23.2 Å². The number of rotatable bonds is 4. The van der Waals surface area contributed by atoms with Crippen molar-refractivity contribution in [2.45, 2.75) is 12.8 Å². The molecule has 0 aliphatic heterocycles. The van der Waals surface area contributed by atoms with Gasteiger partial charge >= 0.3 is 0 Å². The highest BCUT2D eigenvalue weighted by atomic mass is 35.5. The molecule has 2 amide bonds. The molecule has 124 valence electrons. The largest absolute Gasteiger partial charge is 0.325 e. The number of nitrogens with one attached hydrogen (secondary N) is 2. The van der Waals surface area contributed by atoms with Crippen molar-refractivity contribution in [1.82, 2.24) is 0 Å². The third-order valence-electron chi connectivity index (χ3n) is 3.92. The highest BCUT2D eigenvalue weighted by Crippen LogP contribution is 2.47. The number of carbonyl (C=O) groups is 2. The number of carbonyl (C=O) groups excluding carboxylic acids is 2. The molecule has 0 unspecified atom stereocenters. The maximum atomic E-state index is 13.2. The SMILES string of the molecule is O=C(Nc1ccc(F)c(Cl)c1)C1(C(=O)Nc2ccccc2Cl)CC1. The molecule has 0 saturated heterocycles. The minimum Gasteiger partial charge on any atom is -0.325 e. The van der Waals surface area contributed by atoms with Gasteiger partial charge in [-0.2, -0.15) is 0 Å². The van der Waals surface area contributed by atoms with Gasteiger partial charge in [0.15, 0.2) is 0 Å². The lowest BCUT2D eigenvalue weighted by Crippen LogP contribution is -2.35. The second-order valence-electron chi connectivity index (χ2n) is 5.60. The summed E-state index contributed by atoms with van der Waals surface area (Å²) >= 11 is 11.7. The first-order valence-corrected chi connectivity index (χ1v) is 8.00. The highest BCUT2D eigenvalue weighted by molar-refractivity contribution is 6.34. The van der Waals surface area contributed by atoms with Gasteiger partial charge in [0, 0.05) is 5.69 Å². The Morgan fingerprint density at radius 3 is 2.25 bits per heavy atom. The fraction of sp³-hybridized carbons (Fsp3) is 0.176. The van der Waals surface area contributed by atoms with Gasteiger partial charge in [0.25, 0.3) is 0 Å². The van der Waals surface area contributed by atoms with Crippen LogP contribution in [0.25, 0.3) is 0 Å². The summed E-state index contributed by atoms with van der Waals surface area (Å²) in [6, 6.07) is 10.6. The number of hydrogen-bond acceptors (Lipinski definition) is 2. The second-order valence-corrected chi connectivity index (χ2v) is 6.41. The first-order chi connectivity index (χ1) is 11.4. The Bertz CT molecular complexity index is 822. The molecule has 2 N–H and O–H groups in total. The summed E-state index contributed by atoms with van der Waals surface area (Å²) in [6.45, 7) is 0. The zero-order chi connectivity index (χ0) is 17.3. The minimum atomic E-state index is -1.14. The third-order valence-corrected chi connectivity index (χ3v) is 4.54. The fourth-order valence-electron chi connectivity index (χ4n) is 2.31. The molecule has 2 aromatic rings. The van der Waals surface area contributed by atoms with Crippen molar-refractivity contribution < 1.29 is 14.0 Å². The topological polar surface area (TPSA) is 58.2 Å². The molecule has 4 nitrogen and oxygen atoms in total. The molecule has 7 heteroatoms. The van der Waals surface area contributed by atoms with Crippen LogP contribution in [0.15, 0.2) is 42.5 Å². The molecule has 1 saturated carbocycles. The summed E-state index contributed by atoms with van der Waals surface area (Å²) in [4.78, 5) is 25.0. The molecule has 0 spiro atoms. The van der Waals surface area contributed by atoms with E-state index in [2.05, 4.69) is 10.6 Å². The quantitative estimate of drug-likeness (QED) is 0.783. The Kier molecular flexibility index (Phi) is 4.47. The van der Waals surface area contributed by atoms with Crippen LogP contribution in [-0.2, 0) is 9.59 Å². The van der Waals surface area contributed by atoms with Gasteiger partial charge < -0.3 is 10.6 Å². The molecule has 1 aliphatic carbocycles. The van der Waals surface area contributed by atoms with Gasteiger partial charge in [0.1, 0.15) is 11.2 Å². The van der Waals surface area contributed by atoms with Gasteiger partial charge in [-0.1, -0.05) is 35.3 Å². The van der Waals surface area contributed by atoms with Crippen molar-refractivity contribution in [3.63, 3.8) is 0 Å². The molecular formula is C17H13Cl2FN2O2. The number of halogens is 3. The Labute approximate surface area is 148 Å². The van der Waals surface area contributed by atoms with Crippen LogP contribution in [0.3, 0.4) is 0 Å². The van der Waals surface area contributed by atoms with Crippen molar-refractivity contribution in [3.8, 4) is 0 Å². The smallest absolute Gasteiger partial charge is 0.240 e. The Morgan fingerprint density at radius 2 is 1.62 bits per heavy atom. The lowest BCUT2D eigenvalue weighted by Gasteiger charge is -2.16. The van der Waals surface area contributed by atoms with Gasteiger partial charge in [-0.15, -0.1) is 0 Å². The summed E-state index contributed by atoms with van der Waals surface area (Å²) in [5.41, 5.74) is -0.351. The average molecular weight is 367 g/mol. The zero-order valence-corrected chi connectivity index (χ0v) is 13.9. The van der Waals surface area contributed by atoms with Crippen molar-refractivity contribution >= 4 is 46.4 Å². The molecule has 1 fully saturated rings. The maximum Gasteiger partial charge on any atom is 0.240 e. The van der Waals surface area contributed by atoms with E-state index in [1.165, 1.54) is 12.1 Å². The summed E-state index contributed by atoms with van der Waals surface area (Å²) in [6.07, 6.45) is 0.869. The van der Waals surface area contributed by atoms with E-state index < -0.39 is 23.0 Å². The number of amides is 2. The first-order valence-electron chi connectivity index (χ1n) is 7.25. The molecule has 0 bridgehead atoms. The monoisotopic (exact) mass is 366 g/mol. The molecule has 24 heavy (non-hydrogen) atoms. The Morgan fingerprint density at radius 1 is 0.958 bits per heavy atom. The van der Waals surface area contributed by atoms with E-state index in [1.807, 2.05) is 0 Å². The number of para-hydroxylation sites is 1. The van der Waals surface area contributed by atoms with Crippen LogP contribution in [-0.4, -0.2) is 11.8 Å². The molecule has 0 heterocycles. The van der Waals surface area contributed by atoms with Crippen LogP contribution in [0.2, 0.25) is 10.0 Å². The van der Waals surface area contributed by atoms with E-state index in [1.54, 1.807) is 24.3 Å². The zero-order valence-electron chi connectivity index (χ0n) is 12.4. The van der Waals surface area contributed by atoms with E-state index >= 15 is 0 Å². The number of hydrogen-bond donors (Lipinski definition) is 2. The van der Waals surface area contributed by atoms with Crippen LogP contribution in [0, 0.1) is 11.2 Å². The standard InChI is InChI=1S/C17H13Cl2FN2O2/c18-11-3-1-2-4-14(11)22-16(24)17(7-8-17)15(23)21-10-5-6-13(20)12(19)9-10/h1-6,9H,7-8H2,(H,21,23)(H,22,24). The third kappa shape index (κ3) is 3.23. The lowest BCUT2D eigenvalue weighted by atomic mass is 10.0. The van der Waals surface area contributed by atoms with E-state index in [9.17, 15) is 14.0 Å². The predicted molar refractivity (Wildman–Crippen MR) is 91.8 cm³/mol. The molecule has 0 aromatic heterocycles. The predicted octanol–water partition coefficient (Wildman–Crippen LogP) is 4.49. The maximum absolute atomic E-state index is 13.2. The van der Waals surface area contributed by atoms with Crippen LogP contribution < -0.4 is 10.6 Å². The van der Waals surface area contributed by atoms with Crippen LogP contribution >= 0.6 is 23.2 Å². The van der Waals surface area contributed by atoms with Crippen molar-refractivity contribution in [3.05, 3.63) is 58.3 Å². The van der Waals surface area contributed by atoms with Gasteiger partial charge in [-0.3, -0.25) is 9.59 Å². The van der Waals surface area contributed by atoms with Crippen LogP contribution in [0.4, 0.5) is 15.8 Å². The second kappa shape index (κ2) is 6.42. The van der Waals surface area contributed by atoms with Gasteiger partial charge in [-0.25, -0.2) is 4.39 Å².